The first kappa shape index (κ1) is 16.8. The van der Waals surface area contributed by atoms with Gasteiger partial charge in [0.25, 0.3) is 0 Å². The van der Waals surface area contributed by atoms with Crippen LogP contribution in [0, 0.1) is 41.5 Å². The van der Waals surface area contributed by atoms with Gasteiger partial charge in [-0.2, -0.15) is 0 Å². The minimum Gasteiger partial charge on any atom is -0.0561 e. The Bertz CT molecular complexity index is 556. The summed E-state index contributed by atoms with van der Waals surface area (Å²) in [5.74, 6) is 0. The maximum absolute atomic E-state index is 2.32. The van der Waals surface area contributed by atoms with Gasteiger partial charge in [0.05, 0.1) is 0 Å². The van der Waals surface area contributed by atoms with Crippen molar-refractivity contribution < 1.29 is 0 Å². The summed E-state index contributed by atoms with van der Waals surface area (Å²) in [6.45, 7) is 13.4. The number of rotatable bonds is 5. The highest BCUT2D eigenvalue weighted by Crippen LogP contribution is 2.21. The van der Waals surface area contributed by atoms with Gasteiger partial charge in [-0.25, -0.2) is 0 Å². The molecule has 0 aliphatic carbocycles. The molecule has 0 heteroatoms. The van der Waals surface area contributed by atoms with E-state index in [0.29, 0.717) is 0 Å². The van der Waals surface area contributed by atoms with Crippen molar-refractivity contribution in [3.8, 4) is 0 Å². The summed E-state index contributed by atoms with van der Waals surface area (Å²) in [5.41, 5.74) is 11.7. The number of hydrogen-bond acceptors (Lipinski definition) is 0. The quantitative estimate of drug-likeness (QED) is 0.584. The maximum Gasteiger partial charge on any atom is -0.0274 e. The second-order valence-electron chi connectivity index (χ2n) is 6.96. The second-order valence-corrected chi connectivity index (χ2v) is 6.96. The van der Waals surface area contributed by atoms with Crippen LogP contribution in [0.5, 0.6) is 0 Å². The highest BCUT2D eigenvalue weighted by molar-refractivity contribution is 5.38. The summed E-state index contributed by atoms with van der Waals surface area (Å²) in [5, 5.41) is 0. The van der Waals surface area contributed by atoms with Crippen LogP contribution in [0.2, 0.25) is 0 Å². The third-order valence-electron chi connectivity index (χ3n) is 4.78. The summed E-state index contributed by atoms with van der Waals surface area (Å²) < 4.78 is 0. The largest absolute Gasteiger partial charge is 0.0561 e. The molecule has 0 spiro atoms. The van der Waals surface area contributed by atoms with E-state index in [2.05, 4.69) is 65.8 Å². The van der Waals surface area contributed by atoms with Crippen molar-refractivity contribution in [3.05, 3.63) is 68.8 Å². The average molecular weight is 294 g/mol. The standard InChI is InChI=1S/C22H30/c1-15-11-17(3)21(18(4)12-15)9-7-8-10-22-19(5)13-16(2)14-20(22)6/h11-14H,7-10H2,1-6H3. The fourth-order valence-corrected chi connectivity index (χ4v) is 3.81. The summed E-state index contributed by atoms with van der Waals surface area (Å²) in [7, 11) is 0. The zero-order valence-corrected chi connectivity index (χ0v) is 15.1. The molecule has 0 aliphatic heterocycles. The van der Waals surface area contributed by atoms with E-state index >= 15 is 0 Å². The van der Waals surface area contributed by atoms with Crippen molar-refractivity contribution in [2.45, 2.75) is 67.2 Å². The van der Waals surface area contributed by atoms with Crippen LogP contribution >= 0.6 is 0 Å². The fourth-order valence-electron chi connectivity index (χ4n) is 3.81. The molecule has 0 nitrogen and oxygen atoms in total. The third-order valence-corrected chi connectivity index (χ3v) is 4.78. The van der Waals surface area contributed by atoms with Gasteiger partial charge in [-0.3, -0.25) is 0 Å². The van der Waals surface area contributed by atoms with E-state index in [0.717, 1.165) is 0 Å². The maximum atomic E-state index is 2.32. The Morgan fingerprint density at radius 1 is 0.500 bits per heavy atom. The minimum atomic E-state index is 1.21. The van der Waals surface area contributed by atoms with Crippen LogP contribution in [0.15, 0.2) is 24.3 Å². The lowest BCUT2D eigenvalue weighted by molar-refractivity contribution is 0.724. The Morgan fingerprint density at radius 3 is 1.05 bits per heavy atom. The summed E-state index contributed by atoms with van der Waals surface area (Å²) >= 11 is 0. The lowest BCUT2D eigenvalue weighted by Gasteiger charge is -2.13. The number of hydrogen-bond donors (Lipinski definition) is 0. The molecule has 0 unspecified atom stereocenters. The lowest BCUT2D eigenvalue weighted by Crippen LogP contribution is -1.99. The normalized spacial score (nSPS) is 11.0. The zero-order valence-electron chi connectivity index (χ0n) is 15.1. The molecule has 0 bridgehead atoms. The molecular formula is C22H30. The van der Waals surface area contributed by atoms with Crippen LogP contribution in [0.4, 0.5) is 0 Å². The van der Waals surface area contributed by atoms with E-state index in [9.17, 15) is 0 Å². The van der Waals surface area contributed by atoms with E-state index in [1.54, 1.807) is 11.1 Å². The van der Waals surface area contributed by atoms with Crippen LogP contribution in [0.1, 0.15) is 57.3 Å². The second kappa shape index (κ2) is 7.13. The Morgan fingerprint density at radius 2 is 0.773 bits per heavy atom. The van der Waals surface area contributed by atoms with Gasteiger partial charge >= 0.3 is 0 Å². The highest BCUT2D eigenvalue weighted by atomic mass is 14.1. The van der Waals surface area contributed by atoms with Gasteiger partial charge in [0.1, 0.15) is 0 Å². The summed E-state index contributed by atoms with van der Waals surface area (Å²) in [6, 6.07) is 9.26. The van der Waals surface area contributed by atoms with Gasteiger partial charge in [-0.05, 0) is 101 Å². The molecule has 118 valence electrons. The van der Waals surface area contributed by atoms with Crippen molar-refractivity contribution in [2.75, 3.05) is 0 Å². The molecule has 0 aromatic heterocycles. The first-order valence-electron chi connectivity index (χ1n) is 8.52. The molecule has 0 heterocycles. The molecule has 0 fully saturated rings. The molecule has 2 aromatic rings. The highest BCUT2D eigenvalue weighted by Gasteiger charge is 2.06. The first-order chi connectivity index (χ1) is 10.4. The Balaban J connectivity index is 1.96. The number of aryl methyl sites for hydroxylation is 6. The topological polar surface area (TPSA) is 0 Å². The molecule has 2 aromatic carbocycles. The molecule has 22 heavy (non-hydrogen) atoms. The van der Waals surface area contributed by atoms with Crippen molar-refractivity contribution in [3.63, 3.8) is 0 Å². The van der Waals surface area contributed by atoms with E-state index in [1.165, 1.54) is 59.1 Å². The zero-order chi connectivity index (χ0) is 16.3. The lowest BCUT2D eigenvalue weighted by atomic mass is 9.92. The predicted octanol–water partition coefficient (Wildman–Crippen LogP) is 6.10. The van der Waals surface area contributed by atoms with Crippen LogP contribution in [0.3, 0.4) is 0 Å². The van der Waals surface area contributed by atoms with E-state index in [-0.39, 0.29) is 0 Å². The van der Waals surface area contributed by atoms with Gasteiger partial charge in [-0.15, -0.1) is 0 Å². The SMILES string of the molecule is Cc1cc(C)c(CCCCc2c(C)cc(C)cc2C)c(C)c1. The molecular weight excluding hydrogens is 264 g/mol. The van der Waals surface area contributed by atoms with Crippen LogP contribution in [-0.2, 0) is 12.8 Å². The molecule has 0 N–H and O–H groups in total. The molecule has 0 radical (unpaired) electrons. The van der Waals surface area contributed by atoms with Crippen molar-refractivity contribution in [1.29, 1.82) is 0 Å². The molecule has 2 rings (SSSR count). The molecule has 0 saturated carbocycles. The predicted molar refractivity (Wildman–Crippen MR) is 97.9 cm³/mol. The average Bonchev–Trinajstić information content (AvgIpc) is 2.38. The fraction of sp³-hybridized carbons (Fsp3) is 0.455. The van der Waals surface area contributed by atoms with Gasteiger partial charge in [0, 0.05) is 0 Å². The van der Waals surface area contributed by atoms with E-state index in [1.807, 2.05) is 0 Å². The van der Waals surface area contributed by atoms with E-state index in [4.69, 9.17) is 0 Å². The van der Waals surface area contributed by atoms with Crippen molar-refractivity contribution in [2.24, 2.45) is 0 Å². The van der Waals surface area contributed by atoms with Gasteiger partial charge in [0.2, 0.25) is 0 Å². The minimum absolute atomic E-state index is 1.21. The molecule has 0 saturated heterocycles. The number of unbranched alkanes of at least 4 members (excludes halogenated alkanes) is 1. The van der Waals surface area contributed by atoms with Gasteiger partial charge in [0.15, 0.2) is 0 Å². The smallest absolute Gasteiger partial charge is 0.0274 e. The van der Waals surface area contributed by atoms with Gasteiger partial charge < -0.3 is 0 Å². The Labute approximate surface area is 136 Å². The number of benzene rings is 2. The Kier molecular flexibility index (Phi) is 5.45. The first-order valence-corrected chi connectivity index (χ1v) is 8.52. The third kappa shape index (κ3) is 4.00. The van der Waals surface area contributed by atoms with Crippen molar-refractivity contribution in [1.82, 2.24) is 0 Å². The monoisotopic (exact) mass is 294 g/mol. The Hall–Kier alpha value is -1.56. The molecule has 0 atom stereocenters. The summed E-state index contributed by atoms with van der Waals surface area (Å²) in [6.07, 6.45) is 4.97. The van der Waals surface area contributed by atoms with Crippen molar-refractivity contribution >= 4 is 0 Å². The molecule has 0 amide bonds. The van der Waals surface area contributed by atoms with Crippen LogP contribution in [0.25, 0.3) is 0 Å². The van der Waals surface area contributed by atoms with E-state index < -0.39 is 0 Å². The molecule has 0 aliphatic rings. The van der Waals surface area contributed by atoms with Gasteiger partial charge in [-0.1, -0.05) is 35.4 Å². The summed E-state index contributed by atoms with van der Waals surface area (Å²) in [4.78, 5) is 0. The van der Waals surface area contributed by atoms with Crippen LogP contribution in [-0.4, -0.2) is 0 Å². The van der Waals surface area contributed by atoms with Crippen LogP contribution < -0.4 is 0 Å².